The van der Waals surface area contributed by atoms with Crippen molar-refractivity contribution in [2.24, 2.45) is 0 Å². The monoisotopic (exact) mass is 321 g/mol. The molecular weight excluding hydrogens is 303 g/mol. The van der Waals surface area contributed by atoms with Gasteiger partial charge in [0.1, 0.15) is 0 Å². The second-order valence-electron chi connectivity index (χ2n) is 5.48. The zero-order valence-corrected chi connectivity index (χ0v) is 12.4. The summed E-state index contributed by atoms with van der Waals surface area (Å²) in [6, 6.07) is 0. The van der Waals surface area contributed by atoms with Crippen LogP contribution in [0.1, 0.15) is 13.3 Å². The van der Waals surface area contributed by atoms with Crippen LogP contribution in [0.5, 0.6) is 0 Å². The number of likely N-dealkylation sites (tertiary alicyclic amines) is 1. The number of carbonyl (C=O) groups excluding carboxylic acids is 3. The predicted octanol–water partition coefficient (Wildman–Crippen LogP) is 0.300. The molecule has 3 amide bonds. The maximum absolute atomic E-state index is 12.3. The van der Waals surface area contributed by atoms with Crippen LogP contribution in [0.25, 0.3) is 0 Å². The van der Waals surface area contributed by atoms with Crippen LogP contribution < -0.4 is 5.32 Å². The normalized spacial score (nSPS) is 21.4. The third-order valence-electron chi connectivity index (χ3n) is 3.42. The number of amides is 3. The minimum Gasteiger partial charge on any atom is -0.341 e. The summed E-state index contributed by atoms with van der Waals surface area (Å²) in [6.45, 7) is 4.72. The summed E-state index contributed by atoms with van der Waals surface area (Å²) in [5.41, 5.74) is -1.14. The number of rotatable bonds is 4. The van der Waals surface area contributed by atoms with E-state index in [-0.39, 0.29) is 26.1 Å². The number of hydrogen-bond acceptors (Lipinski definition) is 3. The highest BCUT2D eigenvalue weighted by Crippen LogP contribution is 2.24. The molecule has 0 aliphatic carbocycles. The van der Waals surface area contributed by atoms with Crippen molar-refractivity contribution in [3.05, 3.63) is 12.7 Å². The van der Waals surface area contributed by atoms with Crippen LogP contribution in [0.2, 0.25) is 0 Å². The van der Waals surface area contributed by atoms with E-state index in [1.807, 2.05) is 5.32 Å². The zero-order valence-electron chi connectivity index (χ0n) is 12.4. The van der Waals surface area contributed by atoms with Gasteiger partial charge in [-0.25, -0.2) is 0 Å². The number of alkyl halides is 3. The van der Waals surface area contributed by atoms with Crippen molar-refractivity contribution in [1.82, 2.24) is 15.1 Å². The molecule has 1 unspecified atom stereocenters. The maximum Gasteiger partial charge on any atom is 0.471 e. The Kier molecular flexibility index (Phi) is 5.21. The standard InChI is InChI=1S/C13H18F3N3O3/c1-4-9(20)18(3)7-10(21)19-6-5-12(2,8-19)17-11(22)13(14,15)16/h4H,1,5-8H2,2-3H3,(H,17,22). The molecule has 1 rings (SSSR count). The van der Waals surface area contributed by atoms with E-state index in [1.165, 1.54) is 18.9 Å². The maximum atomic E-state index is 12.3. The molecule has 9 heteroatoms. The molecule has 0 aromatic heterocycles. The van der Waals surface area contributed by atoms with Crippen LogP contribution >= 0.6 is 0 Å². The van der Waals surface area contributed by atoms with Gasteiger partial charge in [-0.15, -0.1) is 0 Å². The van der Waals surface area contributed by atoms with Gasteiger partial charge in [-0.2, -0.15) is 13.2 Å². The SMILES string of the molecule is C=CC(=O)N(C)CC(=O)N1CCC(C)(NC(=O)C(F)(F)F)C1. The van der Waals surface area contributed by atoms with Gasteiger partial charge in [-0.1, -0.05) is 6.58 Å². The fourth-order valence-electron chi connectivity index (χ4n) is 2.16. The molecule has 0 aromatic carbocycles. The molecule has 1 fully saturated rings. The smallest absolute Gasteiger partial charge is 0.341 e. The average molecular weight is 321 g/mol. The molecule has 0 aromatic rings. The Bertz CT molecular complexity index is 493. The molecule has 6 nitrogen and oxygen atoms in total. The van der Waals surface area contributed by atoms with Crippen molar-refractivity contribution in [2.45, 2.75) is 25.1 Å². The molecule has 1 N–H and O–H groups in total. The van der Waals surface area contributed by atoms with E-state index < -0.39 is 29.4 Å². The largest absolute Gasteiger partial charge is 0.471 e. The zero-order chi connectivity index (χ0) is 17.1. The topological polar surface area (TPSA) is 69.7 Å². The Morgan fingerprint density at radius 1 is 1.41 bits per heavy atom. The first-order valence-electron chi connectivity index (χ1n) is 6.53. The number of carbonyl (C=O) groups is 3. The molecule has 1 saturated heterocycles. The van der Waals surface area contributed by atoms with Crippen LogP contribution in [0, 0.1) is 0 Å². The molecule has 1 heterocycles. The Labute approximate surface area is 125 Å². The lowest BCUT2D eigenvalue weighted by Crippen LogP contribution is -2.53. The second kappa shape index (κ2) is 6.37. The first-order valence-corrected chi connectivity index (χ1v) is 6.53. The average Bonchev–Trinajstić information content (AvgIpc) is 2.78. The molecule has 1 atom stereocenters. The molecule has 124 valence electrons. The van der Waals surface area contributed by atoms with Gasteiger partial charge in [0.25, 0.3) is 0 Å². The van der Waals surface area contributed by atoms with Crippen molar-refractivity contribution >= 4 is 17.7 Å². The number of halogens is 3. The minimum atomic E-state index is -4.96. The number of hydrogen-bond donors (Lipinski definition) is 1. The Morgan fingerprint density at radius 3 is 2.50 bits per heavy atom. The summed E-state index contributed by atoms with van der Waals surface area (Å²) in [4.78, 5) is 36.8. The number of nitrogens with zero attached hydrogens (tertiary/aromatic N) is 2. The van der Waals surface area contributed by atoms with E-state index in [0.717, 1.165) is 11.0 Å². The summed E-state index contributed by atoms with van der Waals surface area (Å²) in [7, 11) is 1.42. The van der Waals surface area contributed by atoms with E-state index in [1.54, 1.807) is 0 Å². The first kappa shape index (κ1) is 18.0. The summed E-state index contributed by atoms with van der Waals surface area (Å²) in [5.74, 6) is -2.85. The molecule has 0 bridgehead atoms. The lowest BCUT2D eigenvalue weighted by Gasteiger charge is -2.27. The van der Waals surface area contributed by atoms with Gasteiger partial charge in [-0.3, -0.25) is 14.4 Å². The molecule has 0 spiro atoms. The quantitative estimate of drug-likeness (QED) is 0.757. The van der Waals surface area contributed by atoms with Gasteiger partial charge in [0.2, 0.25) is 11.8 Å². The highest BCUT2D eigenvalue weighted by Gasteiger charge is 2.45. The molecule has 22 heavy (non-hydrogen) atoms. The van der Waals surface area contributed by atoms with E-state index in [0.29, 0.717) is 0 Å². The van der Waals surface area contributed by atoms with E-state index in [4.69, 9.17) is 0 Å². The summed E-state index contributed by atoms with van der Waals surface area (Å²) in [5, 5.41) is 1.91. The van der Waals surface area contributed by atoms with Crippen molar-refractivity contribution < 1.29 is 27.6 Å². The van der Waals surface area contributed by atoms with Crippen molar-refractivity contribution in [1.29, 1.82) is 0 Å². The summed E-state index contributed by atoms with van der Waals surface area (Å²) < 4.78 is 36.8. The first-order chi connectivity index (χ1) is 9.98. The van der Waals surface area contributed by atoms with E-state index >= 15 is 0 Å². The molecule has 0 radical (unpaired) electrons. The van der Waals surface area contributed by atoms with Crippen LogP contribution in [0.15, 0.2) is 12.7 Å². The third kappa shape index (κ3) is 4.47. The molecule has 1 aliphatic rings. The third-order valence-corrected chi connectivity index (χ3v) is 3.42. The molecule has 1 aliphatic heterocycles. The van der Waals surface area contributed by atoms with Gasteiger partial charge in [0.05, 0.1) is 12.1 Å². The van der Waals surface area contributed by atoms with Crippen molar-refractivity contribution in [3.63, 3.8) is 0 Å². The lowest BCUT2D eigenvalue weighted by atomic mass is 10.0. The summed E-state index contributed by atoms with van der Waals surface area (Å²) in [6.07, 6.45) is -3.69. The van der Waals surface area contributed by atoms with E-state index in [2.05, 4.69) is 6.58 Å². The van der Waals surface area contributed by atoms with E-state index in [9.17, 15) is 27.6 Å². The van der Waals surface area contributed by atoms with Gasteiger partial charge in [-0.05, 0) is 19.4 Å². The highest BCUT2D eigenvalue weighted by molar-refractivity contribution is 5.90. The van der Waals surface area contributed by atoms with Crippen LogP contribution in [-0.4, -0.2) is 65.9 Å². The fourth-order valence-corrected chi connectivity index (χ4v) is 2.16. The summed E-state index contributed by atoms with van der Waals surface area (Å²) >= 11 is 0. The van der Waals surface area contributed by atoms with Crippen molar-refractivity contribution in [2.75, 3.05) is 26.7 Å². The predicted molar refractivity (Wildman–Crippen MR) is 71.6 cm³/mol. The van der Waals surface area contributed by atoms with Crippen LogP contribution in [0.4, 0.5) is 13.2 Å². The van der Waals surface area contributed by atoms with Crippen LogP contribution in [-0.2, 0) is 14.4 Å². The second-order valence-corrected chi connectivity index (χ2v) is 5.48. The van der Waals surface area contributed by atoms with Crippen molar-refractivity contribution in [3.8, 4) is 0 Å². The lowest BCUT2D eigenvalue weighted by molar-refractivity contribution is -0.175. The highest BCUT2D eigenvalue weighted by atomic mass is 19.4. The van der Waals surface area contributed by atoms with Gasteiger partial charge >= 0.3 is 12.1 Å². The van der Waals surface area contributed by atoms with Gasteiger partial charge in [0, 0.05) is 20.1 Å². The Hall–Kier alpha value is -2.06. The molecular formula is C13H18F3N3O3. The van der Waals surface area contributed by atoms with Gasteiger partial charge < -0.3 is 15.1 Å². The fraction of sp³-hybridized carbons (Fsp3) is 0.615. The number of nitrogens with one attached hydrogen (secondary N) is 1. The molecule has 0 saturated carbocycles. The minimum absolute atomic E-state index is 0.0379. The number of likely N-dealkylation sites (N-methyl/N-ethyl adjacent to an activating group) is 1. The van der Waals surface area contributed by atoms with Gasteiger partial charge in [0.15, 0.2) is 0 Å². The van der Waals surface area contributed by atoms with Crippen LogP contribution in [0.3, 0.4) is 0 Å². The Balaban J connectivity index is 2.61. The Morgan fingerprint density at radius 2 is 2.00 bits per heavy atom.